The number of aliphatic hydroxyl groups excluding tert-OH is 1. The summed E-state index contributed by atoms with van der Waals surface area (Å²) in [6, 6.07) is 6.20. The second kappa shape index (κ2) is 7.83. The quantitative estimate of drug-likeness (QED) is 0.789. The van der Waals surface area contributed by atoms with E-state index >= 15 is 0 Å². The SMILES string of the molecule is C=CCN(CCO)C(=O)c1nc(C(C)C)n(-c2ccccc2F)n1. The van der Waals surface area contributed by atoms with E-state index in [9.17, 15) is 9.18 Å². The first-order valence-corrected chi connectivity index (χ1v) is 7.72. The molecule has 0 atom stereocenters. The Bertz CT molecular complexity index is 727. The van der Waals surface area contributed by atoms with Crippen LogP contribution in [-0.2, 0) is 0 Å². The Morgan fingerprint density at radius 2 is 2.17 bits per heavy atom. The van der Waals surface area contributed by atoms with Gasteiger partial charge in [-0.15, -0.1) is 11.7 Å². The molecule has 0 saturated heterocycles. The number of nitrogens with zero attached hydrogens (tertiary/aromatic N) is 4. The van der Waals surface area contributed by atoms with Gasteiger partial charge in [0, 0.05) is 19.0 Å². The first kappa shape index (κ1) is 17.8. The number of hydrogen-bond acceptors (Lipinski definition) is 4. The molecule has 1 amide bonds. The average Bonchev–Trinajstić information content (AvgIpc) is 2.99. The molecule has 0 fully saturated rings. The molecule has 0 aliphatic heterocycles. The van der Waals surface area contributed by atoms with Gasteiger partial charge in [-0.05, 0) is 12.1 Å². The number of rotatable bonds is 7. The molecule has 0 unspecified atom stereocenters. The normalized spacial score (nSPS) is 10.9. The molecule has 0 aliphatic rings. The van der Waals surface area contributed by atoms with Gasteiger partial charge in [0.15, 0.2) is 0 Å². The molecule has 0 bridgehead atoms. The maximum atomic E-state index is 14.1. The van der Waals surface area contributed by atoms with Crippen LogP contribution in [0.4, 0.5) is 4.39 Å². The Hall–Kier alpha value is -2.54. The number of aromatic nitrogens is 3. The Balaban J connectivity index is 2.47. The van der Waals surface area contributed by atoms with E-state index in [1.807, 2.05) is 13.8 Å². The molecular formula is C17H21FN4O2. The third kappa shape index (κ3) is 3.68. The van der Waals surface area contributed by atoms with Gasteiger partial charge in [-0.3, -0.25) is 4.79 Å². The van der Waals surface area contributed by atoms with Crippen LogP contribution in [-0.4, -0.2) is 50.4 Å². The molecule has 0 radical (unpaired) electrons. The Labute approximate surface area is 140 Å². The van der Waals surface area contributed by atoms with E-state index < -0.39 is 11.7 Å². The summed E-state index contributed by atoms with van der Waals surface area (Å²) in [6.07, 6.45) is 1.56. The largest absolute Gasteiger partial charge is 0.395 e. The summed E-state index contributed by atoms with van der Waals surface area (Å²) in [4.78, 5) is 18.2. The lowest BCUT2D eigenvalue weighted by Gasteiger charge is -2.17. The Morgan fingerprint density at radius 3 is 2.75 bits per heavy atom. The van der Waals surface area contributed by atoms with Crippen molar-refractivity contribution in [2.75, 3.05) is 19.7 Å². The Kier molecular flexibility index (Phi) is 5.81. The number of hydrogen-bond donors (Lipinski definition) is 1. The van der Waals surface area contributed by atoms with Gasteiger partial charge in [-0.25, -0.2) is 14.1 Å². The molecule has 24 heavy (non-hydrogen) atoms. The van der Waals surface area contributed by atoms with Crippen LogP contribution in [0.1, 0.15) is 36.2 Å². The summed E-state index contributed by atoms with van der Waals surface area (Å²) in [5.41, 5.74) is 0.241. The van der Waals surface area contributed by atoms with Crippen molar-refractivity contribution in [2.24, 2.45) is 0 Å². The number of carbonyl (C=O) groups is 1. The summed E-state index contributed by atoms with van der Waals surface area (Å²) in [7, 11) is 0. The Morgan fingerprint density at radius 1 is 1.46 bits per heavy atom. The van der Waals surface area contributed by atoms with Crippen molar-refractivity contribution in [1.29, 1.82) is 0 Å². The highest BCUT2D eigenvalue weighted by Gasteiger charge is 2.24. The van der Waals surface area contributed by atoms with Crippen LogP contribution in [0.3, 0.4) is 0 Å². The van der Waals surface area contributed by atoms with Crippen molar-refractivity contribution in [3.8, 4) is 5.69 Å². The summed E-state index contributed by atoms with van der Waals surface area (Å²) in [5, 5.41) is 13.3. The molecule has 6 nitrogen and oxygen atoms in total. The minimum Gasteiger partial charge on any atom is -0.395 e. The summed E-state index contributed by atoms with van der Waals surface area (Å²) < 4.78 is 15.5. The van der Waals surface area contributed by atoms with E-state index in [2.05, 4.69) is 16.7 Å². The van der Waals surface area contributed by atoms with Crippen molar-refractivity contribution < 1.29 is 14.3 Å². The fourth-order valence-corrected chi connectivity index (χ4v) is 2.28. The van der Waals surface area contributed by atoms with Crippen molar-refractivity contribution >= 4 is 5.91 Å². The van der Waals surface area contributed by atoms with Gasteiger partial charge in [0.2, 0.25) is 5.82 Å². The summed E-state index contributed by atoms with van der Waals surface area (Å²) >= 11 is 0. The van der Waals surface area contributed by atoms with E-state index in [-0.39, 0.29) is 37.1 Å². The zero-order valence-corrected chi connectivity index (χ0v) is 13.8. The fourth-order valence-electron chi connectivity index (χ4n) is 2.28. The highest BCUT2D eigenvalue weighted by molar-refractivity contribution is 5.90. The highest BCUT2D eigenvalue weighted by Crippen LogP contribution is 2.20. The number of amides is 1. The number of halogens is 1. The van der Waals surface area contributed by atoms with Crippen molar-refractivity contribution in [2.45, 2.75) is 19.8 Å². The monoisotopic (exact) mass is 332 g/mol. The average molecular weight is 332 g/mol. The molecule has 128 valence electrons. The summed E-state index contributed by atoms with van der Waals surface area (Å²) in [6.45, 7) is 7.63. The number of aliphatic hydroxyl groups is 1. The second-order valence-electron chi connectivity index (χ2n) is 5.57. The number of para-hydroxylation sites is 1. The zero-order valence-electron chi connectivity index (χ0n) is 13.8. The lowest BCUT2D eigenvalue weighted by molar-refractivity contribution is 0.0730. The molecule has 7 heteroatoms. The van der Waals surface area contributed by atoms with Gasteiger partial charge in [0.1, 0.15) is 17.3 Å². The maximum absolute atomic E-state index is 14.1. The van der Waals surface area contributed by atoms with Crippen LogP contribution in [0.15, 0.2) is 36.9 Å². The molecule has 1 N–H and O–H groups in total. The van der Waals surface area contributed by atoms with E-state index in [4.69, 9.17) is 5.11 Å². The molecule has 1 aromatic heterocycles. The lowest BCUT2D eigenvalue weighted by Crippen LogP contribution is -2.34. The minimum absolute atomic E-state index is 0.0303. The van der Waals surface area contributed by atoms with E-state index in [0.29, 0.717) is 5.82 Å². The molecule has 0 aliphatic carbocycles. The maximum Gasteiger partial charge on any atom is 0.293 e. The van der Waals surface area contributed by atoms with Crippen LogP contribution >= 0.6 is 0 Å². The third-order valence-electron chi connectivity index (χ3n) is 3.43. The summed E-state index contributed by atoms with van der Waals surface area (Å²) in [5.74, 6) is -0.463. The molecule has 2 aromatic rings. The van der Waals surface area contributed by atoms with E-state index in [1.165, 1.54) is 15.6 Å². The fraction of sp³-hybridized carbons (Fsp3) is 0.353. The number of benzene rings is 1. The van der Waals surface area contributed by atoms with Gasteiger partial charge >= 0.3 is 0 Å². The second-order valence-corrected chi connectivity index (χ2v) is 5.57. The topological polar surface area (TPSA) is 71.2 Å². The van der Waals surface area contributed by atoms with E-state index in [0.717, 1.165) is 0 Å². The lowest BCUT2D eigenvalue weighted by atomic mass is 10.2. The smallest absolute Gasteiger partial charge is 0.293 e. The first-order chi connectivity index (χ1) is 11.5. The number of carbonyl (C=O) groups excluding carboxylic acids is 1. The van der Waals surface area contributed by atoms with Gasteiger partial charge in [0.05, 0.1) is 6.61 Å². The van der Waals surface area contributed by atoms with Crippen LogP contribution < -0.4 is 0 Å². The molecule has 1 aromatic carbocycles. The predicted molar refractivity (Wildman–Crippen MR) is 88.6 cm³/mol. The van der Waals surface area contributed by atoms with E-state index in [1.54, 1.807) is 24.3 Å². The van der Waals surface area contributed by atoms with Crippen LogP contribution in [0.2, 0.25) is 0 Å². The van der Waals surface area contributed by atoms with Crippen LogP contribution in [0.25, 0.3) is 5.69 Å². The zero-order chi connectivity index (χ0) is 17.7. The standard InChI is InChI=1S/C17H21FN4O2/c1-4-9-21(10-11-23)17(24)15-19-16(12(2)3)22(20-15)14-8-6-5-7-13(14)18/h4-8,12,23H,1,9-11H2,2-3H3. The van der Waals surface area contributed by atoms with Gasteiger partial charge in [0.25, 0.3) is 5.91 Å². The van der Waals surface area contributed by atoms with Gasteiger partial charge in [-0.1, -0.05) is 32.1 Å². The van der Waals surface area contributed by atoms with Gasteiger partial charge in [-0.2, -0.15) is 0 Å². The van der Waals surface area contributed by atoms with Crippen LogP contribution in [0, 0.1) is 5.82 Å². The van der Waals surface area contributed by atoms with Crippen molar-refractivity contribution in [3.63, 3.8) is 0 Å². The molecule has 2 rings (SSSR count). The highest BCUT2D eigenvalue weighted by atomic mass is 19.1. The molecular weight excluding hydrogens is 311 g/mol. The third-order valence-corrected chi connectivity index (χ3v) is 3.43. The van der Waals surface area contributed by atoms with Crippen LogP contribution in [0.5, 0.6) is 0 Å². The van der Waals surface area contributed by atoms with Crippen molar-refractivity contribution in [1.82, 2.24) is 19.7 Å². The van der Waals surface area contributed by atoms with Crippen molar-refractivity contribution in [3.05, 3.63) is 54.4 Å². The molecule has 0 spiro atoms. The molecule has 1 heterocycles. The van der Waals surface area contributed by atoms with Gasteiger partial charge < -0.3 is 10.0 Å². The molecule has 0 saturated carbocycles. The predicted octanol–water partition coefficient (Wildman–Crippen LogP) is 2.15. The minimum atomic E-state index is -0.443. The first-order valence-electron chi connectivity index (χ1n) is 7.72.